The molecule has 1 fully saturated rings. The number of rotatable bonds is 7. The molecule has 3 N–H and O–H groups in total. The van der Waals surface area contributed by atoms with Gasteiger partial charge in [0.2, 0.25) is 5.91 Å². The molecule has 116 valence electrons. The van der Waals surface area contributed by atoms with Gasteiger partial charge in [0.05, 0.1) is 18.6 Å². The number of nitrogens with two attached hydrogens (primary N) is 1. The lowest BCUT2D eigenvalue weighted by Crippen LogP contribution is -2.37. The molecule has 4 heteroatoms. The number of hydrogen-bond donors (Lipinski definition) is 2. The van der Waals surface area contributed by atoms with Gasteiger partial charge in [0, 0.05) is 12.6 Å². The third-order valence-electron chi connectivity index (χ3n) is 4.19. The van der Waals surface area contributed by atoms with E-state index in [-0.39, 0.29) is 17.9 Å². The maximum absolute atomic E-state index is 12.1. The summed E-state index contributed by atoms with van der Waals surface area (Å²) in [5, 5.41) is 2.91. The molecule has 21 heavy (non-hydrogen) atoms. The van der Waals surface area contributed by atoms with Gasteiger partial charge in [-0.2, -0.15) is 0 Å². The summed E-state index contributed by atoms with van der Waals surface area (Å²) in [4.78, 5) is 12.1. The minimum atomic E-state index is -0.276. The van der Waals surface area contributed by atoms with Crippen LogP contribution < -0.4 is 11.1 Å². The van der Waals surface area contributed by atoms with Gasteiger partial charge in [-0.15, -0.1) is 0 Å². The van der Waals surface area contributed by atoms with Crippen molar-refractivity contribution in [1.29, 1.82) is 0 Å². The lowest BCUT2D eigenvalue weighted by molar-refractivity contribution is -0.125. The standard InChI is InChI=1S/C17H26N2O2/c1-13(16(18)14-7-3-2-4-8-14)17(20)19-11-12-21-15-9-5-6-10-15/h2-4,7-8,13,15-16H,5-6,9-12,18H2,1H3,(H,19,20). The zero-order valence-corrected chi connectivity index (χ0v) is 12.8. The number of carbonyl (C=O) groups excluding carboxylic acids is 1. The number of hydrogen-bond acceptors (Lipinski definition) is 3. The number of ether oxygens (including phenoxy) is 1. The molecule has 1 aliphatic rings. The van der Waals surface area contributed by atoms with Crippen molar-refractivity contribution in [2.75, 3.05) is 13.2 Å². The molecule has 1 saturated carbocycles. The monoisotopic (exact) mass is 290 g/mol. The van der Waals surface area contributed by atoms with Crippen LogP contribution in [0.5, 0.6) is 0 Å². The smallest absolute Gasteiger partial charge is 0.224 e. The maximum atomic E-state index is 12.1. The first kappa shape index (κ1) is 16.0. The summed E-state index contributed by atoms with van der Waals surface area (Å²) in [6.45, 7) is 3.01. The number of amides is 1. The molecule has 0 heterocycles. The predicted molar refractivity (Wildman–Crippen MR) is 83.8 cm³/mol. The van der Waals surface area contributed by atoms with E-state index in [4.69, 9.17) is 10.5 Å². The summed E-state index contributed by atoms with van der Waals surface area (Å²) in [6, 6.07) is 9.46. The Bertz CT molecular complexity index is 430. The summed E-state index contributed by atoms with van der Waals surface area (Å²) in [6.07, 6.45) is 5.23. The molecule has 0 radical (unpaired) electrons. The van der Waals surface area contributed by atoms with Crippen LogP contribution in [-0.2, 0) is 9.53 Å². The van der Waals surface area contributed by atoms with Crippen molar-refractivity contribution in [1.82, 2.24) is 5.32 Å². The molecule has 0 aliphatic heterocycles. The average Bonchev–Trinajstić information content (AvgIpc) is 3.04. The third kappa shape index (κ3) is 4.83. The molecule has 1 aliphatic carbocycles. The minimum absolute atomic E-state index is 0.0126. The summed E-state index contributed by atoms with van der Waals surface area (Å²) < 4.78 is 5.73. The highest BCUT2D eigenvalue weighted by Crippen LogP contribution is 2.21. The van der Waals surface area contributed by atoms with Gasteiger partial charge in [0.25, 0.3) is 0 Å². The molecule has 2 unspecified atom stereocenters. The highest BCUT2D eigenvalue weighted by atomic mass is 16.5. The molecule has 1 aromatic rings. The van der Waals surface area contributed by atoms with E-state index in [0.717, 1.165) is 18.4 Å². The Morgan fingerprint density at radius 2 is 2.00 bits per heavy atom. The number of benzene rings is 1. The van der Waals surface area contributed by atoms with Gasteiger partial charge in [-0.05, 0) is 18.4 Å². The molecule has 0 spiro atoms. The van der Waals surface area contributed by atoms with Gasteiger partial charge in [0.15, 0.2) is 0 Å². The Kier molecular flexibility index (Phi) is 6.21. The summed E-state index contributed by atoms with van der Waals surface area (Å²) in [5.41, 5.74) is 7.14. The second-order valence-corrected chi connectivity index (χ2v) is 5.79. The van der Waals surface area contributed by atoms with Gasteiger partial charge in [0.1, 0.15) is 0 Å². The Balaban J connectivity index is 1.69. The average molecular weight is 290 g/mol. The molecule has 2 atom stereocenters. The molecule has 2 rings (SSSR count). The van der Waals surface area contributed by atoms with Crippen LogP contribution in [0.1, 0.15) is 44.2 Å². The van der Waals surface area contributed by atoms with E-state index in [2.05, 4.69) is 5.32 Å². The van der Waals surface area contributed by atoms with E-state index in [1.54, 1.807) is 0 Å². The van der Waals surface area contributed by atoms with Crippen LogP contribution in [0.3, 0.4) is 0 Å². The van der Waals surface area contributed by atoms with Crippen LogP contribution in [-0.4, -0.2) is 25.2 Å². The Morgan fingerprint density at radius 1 is 1.33 bits per heavy atom. The SMILES string of the molecule is CC(C(=O)NCCOC1CCCC1)C(N)c1ccccc1. The van der Waals surface area contributed by atoms with E-state index in [0.29, 0.717) is 19.3 Å². The highest BCUT2D eigenvalue weighted by Gasteiger charge is 2.22. The highest BCUT2D eigenvalue weighted by molar-refractivity contribution is 5.79. The third-order valence-corrected chi connectivity index (χ3v) is 4.19. The topological polar surface area (TPSA) is 64.3 Å². The van der Waals surface area contributed by atoms with Crippen molar-refractivity contribution in [3.8, 4) is 0 Å². The minimum Gasteiger partial charge on any atom is -0.376 e. The van der Waals surface area contributed by atoms with Gasteiger partial charge in [-0.3, -0.25) is 4.79 Å². The maximum Gasteiger partial charge on any atom is 0.224 e. The molecule has 0 bridgehead atoms. The lowest BCUT2D eigenvalue weighted by atomic mass is 9.95. The summed E-state index contributed by atoms with van der Waals surface area (Å²) in [5.74, 6) is -0.264. The van der Waals surface area contributed by atoms with E-state index < -0.39 is 0 Å². The van der Waals surface area contributed by atoms with Crippen LogP contribution in [0.4, 0.5) is 0 Å². The van der Waals surface area contributed by atoms with Crippen LogP contribution in [0.2, 0.25) is 0 Å². The second kappa shape index (κ2) is 8.15. The molecule has 1 amide bonds. The molecular formula is C17H26N2O2. The second-order valence-electron chi connectivity index (χ2n) is 5.79. The van der Waals surface area contributed by atoms with Crippen molar-refractivity contribution in [3.05, 3.63) is 35.9 Å². The van der Waals surface area contributed by atoms with Crippen molar-refractivity contribution in [2.45, 2.75) is 44.8 Å². The van der Waals surface area contributed by atoms with Crippen molar-refractivity contribution >= 4 is 5.91 Å². The first-order valence-corrected chi connectivity index (χ1v) is 7.88. The number of nitrogens with one attached hydrogen (secondary N) is 1. The zero-order valence-electron chi connectivity index (χ0n) is 12.8. The van der Waals surface area contributed by atoms with Gasteiger partial charge < -0.3 is 15.8 Å². The first-order valence-electron chi connectivity index (χ1n) is 7.88. The molecule has 0 aromatic heterocycles. The van der Waals surface area contributed by atoms with Gasteiger partial charge in [-0.25, -0.2) is 0 Å². The van der Waals surface area contributed by atoms with Crippen molar-refractivity contribution in [2.24, 2.45) is 11.7 Å². The fraction of sp³-hybridized carbons (Fsp3) is 0.588. The molecular weight excluding hydrogens is 264 g/mol. The van der Waals surface area contributed by atoms with Crippen LogP contribution in [0.15, 0.2) is 30.3 Å². The molecule has 1 aromatic carbocycles. The van der Waals surface area contributed by atoms with Crippen LogP contribution in [0, 0.1) is 5.92 Å². The van der Waals surface area contributed by atoms with E-state index in [1.807, 2.05) is 37.3 Å². The van der Waals surface area contributed by atoms with Crippen LogP contribution in [0.25, 0.3) is 0 Å². The summed E-state index contributed by atoms with van der Waals surface area (Å²) in [7, 11) is 0. The first-order chi connectivity index (χ1) is 10.2. The predicted octanol–water partition coefficient (Wildman–Crippen LogP) is 2.40. The number of carbonyl (C=O) groups is 1. The van der Waals surface area contributed by atoms with E-state index in [9.17, 15) is 4.79 Å². The summed E-state index contributed by atoms with van der Waals surface area (Å²) >= 11 is 0. The fourth-order valence-electron chi connectivity index (χ4n) is 2.74. The van der Waals surface area contributed by atoms with E-state index in [1.165, 1.54) is 12.8 Å². The lowest BCUT2D eigenvalue weighted by Gasteiger charge is -2.20. The Hall–Kier alpha value is -1.39. The van der Waals surface area contributed by atoms with Gasteiger partial charge in [-0.1, -0.05) is 50.1 Å². The molecule has 4 nitrogen and oxygen atoms in total. The Morgan fingerprint density at radius 3 is 2.67 bits per heavy atom. The zero-order chi connectivity index (χ0) is 15.1. The van der Waals surface area contributed by atoms with Gasteiger partial charge >= 0.3 is 0 Å². The van der Waals surface area contributed by atoms with Crippen molar-refractivity contribution < 1.29 is 9.53 Å². The van der Waals surface area contributed by atoms with Crippen LogP contribution >= 0.6 is 0 Å². The Labute approximate surface area is 127 Å². The van der Waals surface area contributed by atoms with E-state index >= 15 is 0 Å². The largest absolute Gasteiger partial charge is 0.376 e. The normalized spacial score (nSPS) is 18.4. The van der Waals surface area contributed by atoms with Crippen molar-refractivity contribution in [3.63, 3.8) is 0 Å². The molecule has 0 saturated heterocycles. The quantitative estimate of drug-likeness (QED) is 0.758. The fourth-order valence-corrected chi connectivity index (χ4v) is 2.74.